The number of allylic oxidation sites excluding steroid dienone is 1. The van der Waals surface area contributed by atoms with E-state index in [1.165, 1.54) is 0 Å². The molecule has 0 saturated carbocycles. The number of fused-ring (bicyclic) bond motifs is 1. The second-order valence-electron chi connectivity index (χ2n) is 3.63. The van der Waals surface area contributed by atoms with Crippen LogP contribution < -0.4 is 4.74 Å². The lowest BCUT2D eigenvalue weighted by atomic mass is 10.2. The SMILES string of the molecule is C=CC(C)n1c(=S)[nH]c2c(OC)cccc21. The van der Waals surface area contributed by atoms with Crippen molar-refractivity contribution in [1.29, 1.82) is 0 Å². The summed E-state index contributed by atoms with van der Waals surface area (Å²) in [4.78, 5) is 3.17. The fraction of sp³-hybridized carbons (Fsp3) is 0.250. The highest BCUT2D eigenvalue weighted by Gasteiger charge is 2.11. The number of benzene rings is 1. The normalized spacial score (nSPS) is 12.6. The second kappa shape index (κ2) is 4.14. The summed E-state index contributed by atoms with van der Waals surface area (Å²) < 4.78 is 8.01. The Bertz CT molecular complexity index is 582. The summed E-state index contributed by atoms with van der Waals surface area (Å²) in [5, 5.41) is 0. The largest absolute Gasteiger partial charge is 0.494 e. The molecule has 0 saturated heterocycles. The number of para-hydroxylation sites is 1. The van der Waals surface area contributed by atoms with Crippen molar-refractivity contribution in [2.24, 2.45) is 0 Å². The highest BCUT2D eigenvalue weighted by Crippen LogP contribution is 2.26. The van der Waals surface area contributed by atoms with Gasteiger partial charge in [0.15, 0.2) is 4.77 Å². The van der Waals surface area contributed by atoms with E-state index in [-0.39, 0.29) is 6.04 Å². The molecule has 0 fully saturated rings. The van der Waals surface area contributed by atoms with Gasteiger partial charge < -0.3 is 14.3 Å². The van der Waals surface area contributed by atoms with Gasteiger partial charge in [0.2, 0.25) is 0 Å². The Labute approximate surface area is 99.4 Å². The standard InChI is InChI=1S/C12H14N2OS/c1-4-8(2)14-9-6-5-7-10(15-3)11(9)13-12(14)16/h4-8H,1H2,2-3H3,(H,13,16). The third-order valence-electron chi connectivity index (χ3n) is 2.68. The van der Waals surface area contributed by atoms with E-state index in [9.17, 15) is 0 Å². The zero-order valence-electron chi connectivity index (χ0n) is 9.36. The molecule has 2 aromatic rings. The van der Waals surface area contributed by atoms with Crippen LogP contribution in [0, 0.1) is 4.77 Å². The minimum absolute atomic E-state index is 0.161. The summed E-state index contributed by atoms with van der Waals surface area (Å²) in [6.07, 6.45) is 1.86. The second-order valence-corrected chi connectivity index (χ2v) is 4.02. The maximum Gasteiger partial charge on any atom is 0.178 e. The van der Waals surface area contributed by atoms with Gasteiger partial charge in [-0.1, -0.05) is 12.1 Å². The molecular weight excluding hydrogens is 220 g/mol. The average Bonchev–Trinajstić information content (AvgIpc) is 2.63. The zero-order valence-corrected chi connectivity index (χ0v) is 10.2. The first-order valence-corrected chi connectivity index (χ1v) is 5.49. The van der Waals surface area contributed by atoms with Crippen LogP contribution in [0.25, 0.3) is 11.0 Å². The number of aromatic nitrogens is 2. The summed E-state index contributed by atoms with van der Waals surface area (Å²) >= 11 is 5.31. The molecule has 3 nitrogen and oxygen atoms in total. The lowest BCUT2D eigenvalue weighted by Crippen LogP contribution is -2.01. The third-order valence-corrected chi connectivity index (χ3v) is 2.98. The van der Waals surface area contributed by atoms with Crippen molar-refractivity contribution in [2.45, 2.75) is 13.0 Å². The summed E-state index contributed by atoms with van der Waals surface area (Å²) in [7, 11) is 1.65. The highest BCUT2D eigenvalue weighted by molar-refractivity contribution is 7.71. The topological polar surface area (TPSA) is 29.9 Å². The third kappa shape index (κ3) is 1.55. The quantitative estimate of drug-likeness (QED) is 0.651. The number of nitrogens with zero attached hydrogens (tertiary/aromatic N) is 1. The Morgan fingerprint density at radius 1 is 1.56 bits per heavy atom. The van der Waals surface area contributed by atoms with Crippen molar-refractivity contribution in [3.05, 3.63) is 35.6 Å². The molecule has 4 heteroatoms. The fourth-order valence-electron chi connectivity index (χ4n) is 1.80. The van der Waals surface area contributed by atoms with Crippen LogP contribution in [-0.2, 0) is 0 Å². The molecule has 0 aliphatic heterocycles. The number of aromatic amines is 1. The van der Waals surface area contributed by atoms with E-state index in [1.54, 1.807) is 7.11 Å². The van der Waals surface area contributed by atoms with E-state index < -0.39 is 0 Å². The molecule has 1 N–H and O–H groups in total. The van der Waals surface area contributed by atoms with Gasteiger partial charge in [-0.05, 0) is 31.3 Å². The average molecular weight is 234 g/mol. The lowest BCUT2D eigenvalue weighted by Gasteiger charge is -2.09. The molecule has 0 radical (unpaired) electrons. The number of H-pyrrole nitrogens is 1. The van der Waals surface area contributed by atoms with Crippen molar-refractivity contribution in [1.82, 2.24) is 9.55 Å². The molecule has 0 aliphatic carbocycles. The Kier molecular flexibility index (Phi) is 2.83. The molecule has 1 aromatic carbocycles. The summed E-state index contributed by atoms with van der Waals surface area (Å²) in [5.74, 6) is 0.804. The smallest absolute Gasteiger partial charge is 0.178 e. The molecule has 84 valence electrons. The van der Waals surface area contributed by atoms with Crippen LogP contribution in [0.15, 0.2) is 30.9 Å². The van der Waals surface area contributed by atoms with Crippen molar-refractivity contribution in [3.8, 4) is 5.75 Å². The first kappa shape index (κ1) is 11.0. The predicted molar refractivity (Wildman–Crippen MR) is 68.6 cm³/mol. The van der Waals surface area contributed by atoms with E-state index >= 15 is 0 Å². The molecule has 1 heterocycles. The van der Waals surface area contributed by atoms with E-state index in [1.807, 2.05) is 28.8 Å². The molecular formula is C12H14N2OS. The molecule has 1 aromatic heterocycles. The van der Waals surface area contributed by atoms with Crippen LogP contribution in [0.5, 0.6) is 5.75 Å². The van der Waals surface area contributed by atoms with Crippen LogP contribution in [0.1, 0.15) is 13.0 Å². The van der Waals surface area contributed by atoms with Gasteiger partial charge in [0.1, 0.15) is 11.3 Å². The van der Waals surface area contributed by atoms with Gasteiger partial charge in [-0.25, -0.2) is 0 Å². The van der Waals surface area contributed by atoms with Crippen LogP contribution >= 0.6 is 12.2 Å². The first-order chi connectivity index (χ1) is 7.69. The Balaban J connectivity index is 2.81. The lowest BCUT2D eigenvalue weighted by molar-refractivity contribution is 0.419. The summed E-state index contributed by atoms with van der Waals surface area (Å²) in [5.41, 5.74) is 1.97. The van der Waals surface area contributed by atoms with Gasteiger partial charge in [0, 0.05) is 0 Å². The van der Waals surface area contributed by atoms with E-state index in [0.29, 0.717) is 4.77 Å². The number of nitrogens with one attached hydrogen (secondary N) is 1. The molecule has 0 amide bonds. The number of ether oxygens (including phenoxy) is 1. The molecule has 0 bridgehead atoms. The molecule has 1 unspecified atom stereocenters. The van der Waals surface area contributed by atoms with Gasteiger partial charge in [-0.15, -0.1) is 6.58 Å². The summed E-state index contributed by atoms with van der Waals surface area (Å²) in [6, 6.07) is 6.05. The summed E-state index contributed by atoms with van der Waals surface area (Å²) in [6.45, 7) is 5.85. The predicted octanol–water partition coefficient (Wildman–Crippen LogP) is 3.45. The van der Waals surface area contributed by atoms with Crippen LogP contribution in [-0.4, -0.2) is 16.7 Å². The molecule has 16 heavy (non-hydrogen) atoms. The van der Waals surface area contributed by atoms with Crippen molar-refractivity contribution in [3.63, 3.8) is 0 Å². The maximum atomic E-state index is 5.31. The first-order valence-electron chi connectivity index (χ1n) is 5.08. The monoisotopic (exact) mass is 234 g/mol. The van der Waals surface area contributed by atoms with Gasteiger partial charge >= 0.3 is 0 Å². The van der Waals surface area contributed by atoms with Crippen molar-refractivity contribution in [2.75, 3.05) is 7.11 Å². The molecule has 2 rings (SSSR count). The molecule has 1 atom stereocenters. The number of hydrogen-bond donors (Lipinski definition) is 1. The minimum atomic E-state index is 0.161. The molecule has 0 spiro atoms. The highest BCUT2D eigenvalue weighted by atomic mass is 32.1. The Morgan fingerprint density at radius 2 is 2.31 bits per heavy atom. The Hall–Kier alpha value is -1.55. The van der Waals surface area contributed by atoms with E-state index in [4.69, 9.17) is 17.0 Å². The minimum Gasteiger partial charge on any atom is -0.494 e. The fourth-order valence-corrected chi connectivity index (χ4v) is 2.17. The number of imidazole rings is 1. The number of rotatable bonds is 3. The van der Waals surface area contributed by atoms with E-state index in [2.05, 4.69) is 18.5 Å². The maximum absolute atomic E-state index is 5.31. The number of hydrogen-bond acceptors (Lipinski definition) is 2. The van der Waals surface area contributed by atoms with Crippen molar-refractivity contribution < 1.29 is 4.74 Å². The molecule has 0 aliphatic rings. The van der Waals surface area contributed by atoms with Crippen LogP contribution in [0.2, 0.25) is 0 Å². The van der Waals surface area contributed by atoms with Gasteiger partial charge in [-0.2, -0.15) is 0 Å². The van der Waals surface area contributed by atoms with Crippen molar-refractivity contribution >= 4 is 23.3 Å². The Morgan fingerprint density at radius 3 is 2.94 bits per heavy atom. The van der Waals surface area contributed by atoms with Crippen LogP contribution in [0.3, 0.4) is 0 Å². The van der Waals surface area contributed by atoms with Gasteiger partial charge in [-0.3, -0.25) is 0 Å². The zero-order chi connectivity index (χ0) is 11.7. The van der Waals surface area contributed by atoms with E-state index in [0.717, 1.165) is 16.8 Å². The van der Waals surface area contributed by atoms with Crippen LogP contribution in [0.4, 0.5) is 0 Å². The van der Waals surface area contributed by atoms with Gasteiger partial charge in [0.05, 0.1) is 18.7 Å². The van der Waals surface area contributed by atoms with Gasteiger partial charge in [0.25, 0.3) is 0 Å². The number of methoxy groups -OCH3 is 1.